The molecule has 1 heteroatoms. The van der Waals surface area contributed by atoms with Crippen LogP contribution in [0.15, 0.2) is 0 Å². The van der Waals surface area contributed by atoms with Gasteiger partial charge in [-0.05, 0) is 38.0 Å². The van der Waals surface area contributed by atoms with Crippen LogP contribution in [0.2, 0.25) is 0 Å². The van der Waals surface area contributed by atoms with Crippen LogP contribution in [0.1, 0.15) is 47.0 Å². The molecule has 0 N–H and O–H groups in total. The first-order valence-corrected chi connectivity index (χ1v) is 6.90. The van der Waals surface area contributed by atoms with Gasteiger partial charge in [0.2, 0.25) is 0 Å². The number of rotatable bonds is 2. The summed E-state index contributed by atoms with van der Waals surface area (Å²) >= 11 is 0. The summed E-state index contributed by atoms with van der Waals surface area (Å²) in [5.74, 6) is 0.999. The number of hydrogen-bond donors (Lipinski definition) is 0. The maximum Gasteiger partial charge on any atom is 0.101 e. The lowest BCUT2D eigenvalue weighted by molar-refractivity contribution is -1.01. The molecule has 3 rings (SSSR count). The summed E-state index contributed by atoms with van der Waals surface area (Å²) in [7, 11) is 0. The topological polar surface area (TPSA) is 0 Å². The van der Waals surface area contributed by atoms with E-state index in [1.165, 1.54) is 43.4 Å². The van der Waals surface area contributed by atoms with Gasteiger partial charge < -0.3 is 11.9 Å². The van der Waals surface area contributed by atoms with Crippen molar-refractivity contribution < 1.29 is 4.48 Å². The van der Waals surface area contributed by atoms with Crippen LogP contribution in [-0.2, 0) is 0 Å². The van der Waals surface area contributed by atoms with Gasteiger partial charge in [0.15, 0.2) is 0 Å². The molecule has 1 aliphatic heterocycles. The Morgan fingerprint density at radius 3 is 2.38 bits per heavy atom. The normalized spacial score (nSPS) is 51.8. The van der Waals surface area contributed by atoms with Crippen LogP contribution in [0.4, 0.5) is 0 Å². The summed E-state index contributed by atoms with van der Waals surface area (Å²) in [6.45, 7) is 14.1. The third-order valence-electron chi connectivity index (χ3n) is 6.99. The highest BCUT2D eigenvalue weighted by Crippen LogP contribution is 2.76. The van der Waals surface area contributed by atoms with Crippen LogP contribution < -0.4 is 0 Å². The summed E-state index contributed by atoms with van der Waals surface area (Å²) < 4.78 is 1.45. The van der Waals surface area contributed by atoms with Gasteiger partial charge in [-0.2, -0.15) is 0 Å². The predicted octanol–water partition coefficient (Wildman–Crippen LogP) is 3.50. The van der Waals surface area contributed by atoms with E-state index in [1.54, 1.807) is 0 Å². The number of likely N-dealkylation sites (tertiary alicyclic amines) is 1. The molecular formula is C15H29N. The summed E-state index contributed by atoms with van der Waals surface area (Å²) in [5.41, 5.74) is 1.52. The average Bonchev–Trinajstić information content (AvgIpc) is 2.39. The van der Waals surface area contributed by atoms with Crippen molar-refractivity contribution in [1.82, 2.24) is 0 Å². The van der Waals surface area contributed by atoms with Crippen LogP contribution in [0.3, 0.4) is 0 Å². The molecule has 0 aromatic carbocycles. The van der Waals surface area contributed by atoms with Gasteiger partial charge in [-0.15, -0.1) is 0 Å². The second-order valence-electron chi connectivity index (χ2n) is 6.74. The van der Waals surface area contributed by atoms with Crippen molar-refractivity contribution in [3.05, 3.63) is 7.43 Å². The van der Waals surface area contributed by atoms with Gasteiger partial charge in [-0.1, -0.05) is 13.8 Å². The zero-order valence-corrected chi connectivity index (χ0v) is 11.8. The van der Waals surface area contributed by atoms with Crippen molar-refractivity contribution in [3.63, 3.8) is 0 Å². The molecule has 2 saturated carbocycles. The summed E-state index contributed by atoms with van der Waals surface area (Å²) in [4.78, 5) is 0. The van der Waals surface area contributed by atoms with Gasteiger partial charge in [0.25, 0.3) is 0 Å². The van der Waals surface area contributed by atoms with Crippen molar-refractivity contribution >= 4 is 0 Å². The minimum absolute atomic E-state index is 0. The van der Waals surface area contributed by atoms with Crippen molar-refractivity contribution in [2.24, 2.45) is 16.7 Å². The molecule has 94 valence electrons. The number of hydrogen-bond acceptors (Lipinski definition) is 0. The average molecular weight is 223 g/mol. The molecule has 3 fully saturated rings. The van der Waals surface area contributed by atoms with Crippen molar-refractivity contribution in [2.45, 2.75) is 53.0 Å². The first-order chi connectivity index (χ1) is 7.05. The molecule has 1 nitrogen and oxygen atoms in total. The SMILES string of the molecule is CC[N+]1(CC)CC23CC(C)C2(C)CCC31.[CH3-]. The lowest BCUT2D eigenvalue weighted by atomic mass is 9.42. The van der Waals surface area contributed by atoms with Crippen LogP contribution >= 0.6 is 0 Å². The maximum absolute atomic E-state index is 2.58. The van der Waals surface area contributed by atoms with Crippen LogP contribution in [0, 0.1) is 24.2 Å². The number of nitrogens with zero attached hydrogens (tertiary/aromatic N) is 1. The Balaban J connectivity index is 0.000000963. The Bertz CT molecular complexity index is 294. The molecule has 1 saturated heterocycles. The molecule has 0 amide bonds. The molecule has 0 aromatic rings. The highest BCUT2D eigenvalue weighted by Gasteiger charge is 2.79. The van der Waals surface area contributed by atoms with E-state index in [0.29, 0.717) is 0 Å². The number of quaternary nitrogens is 1. The van der Waals surface area contributed by atoms with Gasteiger partial charge >= 0.3 is 0 Å². The summed E-state index contributed by atoms with van der Waals surface area (Å²) in [6, 6.07) is 1.04. The largest absolute Gasteiger partial charge is 0.358 e. The Labute approximate surface area is 102 Å². The highest BCUT2D eigenvalue weighted by molar-refractivity contribution is 5.20. The van der Waals surface area contributed by atoms with Gasteiger partial charge in [-0.25, -0.2) is 0 Å². The molecule has 0 bridgehead atoms. The van der Waals surface area contributed by atoms with E-state index in [0.717, 1.165) is 22.8 Å². The monoisotopic (exact) mass is 223 g/mol. The van der Waals surface area contributed by atoms with E-state index < -0.39 is 0 Å². The Kier molecular flexibility index (Phi) is 2.52. The fourth-order valence-electron chi connectivity index (χ4n) is 5.69. The lowest BCUT2D eigenvalue weighted by Crippen LogP contribution is -2.81. The highest BCUT2D eigenvalue weighted by atomic mass is 15.5. The third kappa shape index (κ3) is 0.939. The van der Waals surface area contributed by atoms with Crippen molar-refractivity contribution in [3.8, 4) is 0 Å². The zero-order valence-electron chi connectivity index (χ0n) is 11.8. The van der Waals surface area contributed by atoms with E-state index in [4.69, 9.17) is 0 Å². The third-order valence-corrected chi connectivity index (χ3v) is 6.99. The van der Waals surface area contributed by atoms with Gasteiger partial charge in [0.05, 0.1) is 25.0 Å². The summed E-state index contributed by atoms with van der Waals surface area (Å²) in [5, 5.41) is 0. The van der Waals surface area contributed by atoms with E-state index in [-0.39, 0.29) is 7.43 Å². The maximum atomic E-state index is 2.58. The van der Waals surface area contributed by atoms with Crippen LogP contribution in [0.25, 0.3) is 0 Å². The Morgan fingerprint density at radius 2 is 1.88 bits per heavy atom. The smallest absolute Gasteiger partial charge is 0.101 e. The molecule has 1 spiro atoms. The van der Waals surface area contributed by atoms with Gasteiger partial charge in [0, 0.05) is 6.42 Å². The van der Waals surface area contributed by atoms with Crippen molar-refractivity contribution in [1.29, 1.82) is 0 Å². The molecule has 16 heavy (non-hydrogen) atoms. The van der Waals surface area contributed by atoms with Gasteiger partial charge in [-0.3, -0.25) is 0 Å². The standard InChI is InChI=1S/C14H26N.CH3/c1-5-15(6-2)10-14-9-11(3)13(14,4)8-7-12(14)15;/h11-12H,5-10H2,1-4H3;1H3/q+1;-1. The molecule has 0 aromatic heterocycles. The van der Waals surface area contributed by atoms with Gasteiger partial charge in [0.1, 0.15) is 6.04 Å². The molecule has 4 atom stereocenters. The predicted molar refractivity (Wildman–Crippen MR) is 70.0 cm³/mol. The molecule has 3 aliphatic rings. The molecule has 0 radical (unpaired) electrons. The second-order valence-corrected chi connectivity index (χ2v) is 6.74. The molecule has 2 aliphatic carbocycles. The lowest BCUT2D eigenvalue weighted by Gasteiger charge is -2.72. The second kappa shape index (κ2) is 3.25. The van der Waals surface area contributed by atoms with Crippen molar-refractivity contribution in [2.75, 3.05) is 19.6 Å². The zero-order chi connectivity index (χ0) is 10.9. The molecular weight excluding hydrogens is 194 g/mol. The molecule has 1 heterocycles. The fraction of sp³-hybridized carbons (Fsp3) is 0.933. The van der Waals surface area contributed by atoms with E-state index in [1.807, 2.05) is 0 Å². The van der Waals surface area contributed by atoms with E-state index in [9.17, 15) is 0 Å². The fourth-order valence-corrected chi connectivity index (χ4v) is 5.69. The first kappa shape index (κ1) is 12.4. The Morgan fingerprint density at radius 1 is 1.25 bits per heavy atom. The van der Waals surface area contributed by atoms with E-state index in [2.05, 4.69) is 27.7 Å². The summed E-state index contributed by atoms with van der Waals surface area (Å²) in [6.07, 6.45) is 4.57. The minimum Gasteiger partial charge on any atom is -0.358 e. The minimum atomic E-state index is 0. The van der Waals surface area contributed by atoms with Crippen LogP contribution in [0.5, 0.6) is 0 Å². The van der Waals surface area contributed by atoms with Crippen LogP contribution in [-0.4, -0.2) is 30.2 Å². The van der Waals surface area contributed by atoms with E-state index >= 15 is 0 Å². The Hall–Kier alpha value is -0.0400. The quantitative estimate of drug-likeness (QED) is 0.496. The first-order valence-electron chi connectivity index (χ1n) is 6.90. The molecule has 4 unspecified atom stereocenters.